The summed E-state index contributed by atoms with van der Waals surface area (Å²) in [6, 6.07) is 26.8. The lowest BCUT2D eigenvalue weighted by atomic mass is 9.99. The van der Waals surface area contributed by atoms with E-state index in [2.05, 4.69) is 0 Å². The first-order valence-electron chi connectivity index (χ1n) is 10.2. The molecular weight excluding hydrogens is 396 g/mol. The van der Waals surface area contributed by atoms with Gasteiger partial charge in [-0.15, -0.1) is 0 Å². The predicted octanol–water partition coefficient (Wildman–Crippen LogP) is 3.27. The number of ether oxygens (including phenoxy) is 4. The Morgan fingerprint density at radius 1 is 0.742 bits per heavy atom. The highest BCUT2D eigenvalue weighted by molar-refractivity contribution is 5.63. The molecule has 5 atom stereocenters. The van der Waals surface area contributed by atoms with Crippen molar-refractivity contribution >= 4 is 0 Å². The van der Waals surface area contributed by atoms with E-state index in [-0.39, 0.29) is 6.61 Å². The number of para-hydroxylation sites is 1. The van der Waals surface area contributed by atoms with Crippen LogP contribution in [0.1, 0.15) is 0 Å². The number of benzene rings is 3. The average Bonchev–Trinajstić information content (AvgIpc) is 2.83. The Morgan fingerprint density at radius 3 is 2.00 bits per heavy atom. The summed E-state index contributed by atoms with van der Waals surface area (Å²) in [4.78, 5) is 0. The largest absolute Gasteiger partial charge is 0.491 e. The van der Waals surface area contributed by atoms with Crippen LogP contribution in [0.5, 0.6) is 11.5 Å². The molecule has 31 heavy (non-hydrogen) atoms. The molecule has 0 radical (unpaired) electrons. The van der Waals surface area contributed by atoms with E-state index in [1.54, 1.807) is 12.1 Å². The zero-order chi connectivity index (χ0) is 21.6. The summed E-state index contributed by atoms with van der Waals surface area (Å²) in [6.07, 6.45) is -4.89. The number of hydrogen-bond donors (Lipinski definition) is 2. The van der Waals surface area contributed by atoms with Gasteiger partial charge in [0, 0.05) is 7.11 Å². The minimum Gasteiger partial charge on any atom is -0.491 e. The standard InChI is InChI=1S/C25H26O6/c1-28-25-24(30-20-10-6-3-7-11-20)23(27)22(26)21(31-25)16-29-19-14-12-18(13-15-19)17-8-4-2-5-9-17/h2-15,21-27H,16H2,1H3/t21-,22-,23+,24-,25+/m1/s1. The molecule has 4 rings (SSSR count). The van der Waals surface area contributed by atoms with Gasteiger partial charge >= 0.3 is 0 Å². The quantitative estimate of drug-likeness (QED) is 0.609. The van der Waals surface area contributed by atoms with Crippen molar-refractivity contribution in [1.82, 2.24) is 0 Å². The van der Waals surface area contributed by atoms with Crippen LogP contribution in [0, 0.1) is 0 Å². The van der Waals surface area contributed by atoms with Gasteiger partial charge < -0.3 is 29.2 Å². The lowest BCUT2D eigenvalue weighted by Gasteiger charge is -2.41. The second-order valence-corrected chi connectivity index (χ2v) is 7.36. The maximum absolute atomic E-state index is 10.6. The van der Waals surface area contributed by atoms with E-state index in [0.29, 0.717) is 11.5 Å². The van der Waals surface area contributed by atoms with Crippen molar-refractivity contribution in [3.8, 4) is 22.6 Å². The number of aliphatic hydroxyl groups is 2. The van der Waals surface area contributed by atoms with Crippen LogP contribution < -0.4 is 9.47 Å². The van der Waals surface area contributed by atoms with Crippen molar-refractivity contribution in [2.75, 3.05) is 13.7 Å². The number of aliphatic hydroxyl groups excluding tert-OH is 2. The minimum absolute atomic E-state index is 0.0564. The summed E-state index contributed by atoms with van der Waals surface area (Å²) >= 11 is 0. The van der Waals surface area contributed by atoms with Gasteiger partial charge in [0.2, 0.25) is 0 Å². The lowest BCUT2D eigenvalue weighted by Crippen LogP contribution is -2.61. The number of methoxy groups -OCH3 is 1. The molecule has 0 spiro atoms. The molecule has 1 aliphatic rings. The highest BCUT2D eigenvalue weighted by atomic mass is 16.7. The summed E-state index contributed by atoms with van der Waals surface area (Å²) in [5.74, 6) is 1.19. The van der Waals surface area contributed by atoms with Crippen molar-refractivity contribution in [2.24, 2.45) is 0 Å². The zero-order valence-electron chi connectivity index (χ0n) is 17.2. The normalized spacial score (nSPS) is 25.7. The second-order valence-electron chi connectivity index (χ2n) is 7.36. The maximum Gasteiger partial charge on any atom is 0.197 e. The summed E-state index contributed by atoms with van der Waals surface area (Å²) in [5.41, 5.74) is 2.20. The second kappa shape index (κ2) is 9.94. The molecule has 3 aromatic carbocycles. The van der Waals surface area contributed by atoms with Gasteiger partial charge in [-0.25, -0.2) is 0 Å². The summed E-state index contributed by atoms with van der Waals surface area (Å²) in [7, 11) is 1.47. The smallest absolute Gasteiger partial charge is 0.197 e. The predicted molar refractivity (Wildman–Crippen MR) is 116 cm³/mol. The van der Waals surface area contributed by atoms with Crippen LogP contribution in [0.3, 0.4) is 0 Å². The van der Waals surface area contributed by atoms with Gasteiger partial charge in [0.1, 0.15) is 36.4 Å². The van der Waals surface area contributed by atoms with Crippen molar-refractivity contribution in [1.29, 1.82) is 0 Å². The molecule has 3 aromatic rings. The molecule has 162 valence electrons. The maximum atomic E-state index is 10.6. The zero-order valence-corrected chi connectivity index (χ0v) is 17.2. The van der Waals surface area contributed by atoms with Crippen LogP contribution in [0.2, 0.25) is 0 Å². The van der Waals surface area contributed by atoms with Crippen molar-refractivity contribution in [3.63, 3.8) is 0 Å². The monoisotopic (exact) mass is 422 g/mol. The highest BCUT2D eigenvalue weighted by Crippen LogP contribution is 2.27. The van der Waals surface area contributed by atoms with Crippen LogP contribution in [-0.4, -0.2) is 54.6 Å². The first-order valence-corrected chi connectivity index (χ1v) is 10.2. The molecular formula is C25H26O6. The first kappa shape index (κ1) is 21.3. The van der Waals surface area contributed by atoms with E-state index in [4.69, 9.17) is 18.9 Å². The number of hydrogen-bond acceptors (Lipinski definition) is 6. The molecule has 2 N–H and O–H groups in total. The molecule has 1 heterocycles. The Balaban J connectivity index is 1.38. The van der Waals surface area contributed by atoms with Gasteiger partial charge in [-0.05, 0) is 35.4 Å². The van der Waals surface area contributed by atoms with Crippen molar-refractivity contribution in [3.05, 3.63) is 84.9 Å². The van der Waals surface area contributed by atoms with Crippen LogP contribution in [0.4, 0.5) is 0 Å². The fourth-order valence-electron chi connectivity index (χ4n) is 3.57. The topological polar surface area (TPSA) is 77.4 Å². The van der Waals surface area contributed by atoms with Gasteiger partial charge in [0.05, 0.1) is 0 Å². The molecule has 1 saturated heterocycles. The van der Waals surface area contributed by atoms with Crippen LogP contribution in [0.25, 0.3) is 11.1 Å². The molecule has 0 aliphatic carbocycles. The fraction of sp³-hybridized carbons (Fsp3) is 0.280. The molecule has 0 aromatic heterocycles. The van der Waals surface area contributed by atoms with Gasteiger partial charge in [0.15, 0.2) is 12.4 Å². The third-order valence-corrected chi connectivity index (χ3v) is 5.27. The molecule has 0 saturated carbocycles. The molecule has 6 nitrogen and oxygen atoms in total. The number of rotatable bonds is 7. The fourth-order valence-corrected chi connectivity index (χ4v) is 3.57. The molecule has 0 unspecified atom stereocenters. The third-order valence-electron chi connectivity index (χ3n) is 5.27. The van der Waals surface area contributed by atoms with E-state index in [0.717, 1.165) is 11.1 Å². The minimum atomic E-state index is -1.20. The van der Waals surface area contributed by atoms with Crippen LogP contribution >= 0.6 is 0 Å². The molecule has 6 heteroatoms. The van der Waals surface area contributed by atoms with Gasteiger partial charge in [-0.3, -0.25) is 0 Å². The summed E-state index contributed by atoms with van der Waals surface area (Å²) < 4.78 is 22.8. The summed E-state index contributed by atoms with van der Waals surface area (Å²) in [6.45, 7) is 0.0564. The Kier molecular flexibility index (Phi) is 6.84. The average molecular weight is 422 g/mol. The van der Waals surface area contributed by atoms with E-state index >= 15 is 0 Å². The van der Waals surface area contributed by atoms with Gasteiger partial charge in [-0.2, -0.15) is 0 Å². The lowest BCUT2D eigenvalue weighted by molar-refractivity contribution is -0.287. The third kappa shape index (κ3) is 5.06. The van der Waals surface area contributed by atoms with Gasteiger partial charge in [0.25, 0.3) is 0 Å². The molecule has 0 amide bonds. The first-order chi connectivity index (χ1) is 15.2. The van der Waals surface area contributed by atoms with E-state index in [9.17, 15) is 10.2 Å². The van der Waals surface area contributed by atoms with Crippen molar-refractivity contribution in [2.45, 2.75) is 30.7 Å². The van der Waals surface area contributed by atoms with Gasteiger partial charge in [-0.1, -0.05) is 60.7 Å². The SMILES string of the molecule is CO[C@H]1O[C@H](COc2ccc(-c3ccccc3)cc2)[C@@H](O)[C@H](O)[C@H]1Oc1ccccc1. The van der Waals surface area contributed by atoms with E-state index in [1.165, 1.54) is 7.11 Å². The summed E-state index contributed by atoms with van der Waals surface area (Å²) in [5, 5.41) is 21.2. The molecule has 1 fully saturated rings. The Bertz CT molecular complexity index is 929. The molecule has 0 bridgehead atoms. The Hall–Kier alpha value is -2.90. The highest BCUT2D eigenvalue weighted by Gasteiger charge is 2.46. The van der Waals surface area contributed by atoms with Crippen LogP contribution in [-0.2, 0) is 9.47 Å². The Morgan fingerprint density at radius 2 is 1.35 bits per heavy atom. The molecule has 1 aliphatic heterocycles. The van der Waals surface area contributed by atoms with E-state index < -0.39 is 30.7 Å². The van der Waals surface area contributed by atoms with Crippen molar-refractivity contribution < 1.29 is 29.2 Å². The van der Waals surface area contributed by atoms with Crippen LogP contribution in [0.15, 0.2) is 84.9 Å². The Labute approximate surface area is 181 Å². The van der Waals surface area contributed by atoms with E-state index in [1.807, 2.05) is 72.8 Å².